The molecule has 1 aromatic carbocycles. The summed E-state index contributed by atoms with van der Waals surface area (Å²) in [6.45, 7) is 3.77. The molecule has 1 aliphatic rings. The lowest BCUT2D eigenvalue weighted by Gasteiger charge is -2.27. The SMILES string of the molecule is C#C[C@H](CO[C@H](COP(=O)(N[C@@H](C)C(=O)OC(C)C)Oc1ccccc1)[C@@H]1COC(=O)O1)n1ccc(=O)[nH]c1=O. The zero-order chi connectivity index (χ0) is 29.3. The number of carbonyl (C=O) groups excluding carboxylic acids is 2. The number of benzene rings is 1. The van der Waals surface area contributed by atoms with Gasteiger partial charge in [-0.25, -0.2) is 14.2 Å². The minimum atomic E-state index is -4.28. The van der Waals surface area contributed by atoms with Crippen LogP contribution in [0.4, 0.5) is 4.79 Å². The Kier molecular flexibility index (Phi) is 10.7. The second kappa shape index (κ2) is 14.0. The van der Waals surface area contributed by atoms with Gasteiger partial charge in [0.25, 0.3) is 5.56 Å². The van der Waals surface area contributed by atoms with Crippen molar-refractivity contribution in [1.29, 1.82) is 0 Å². The van der Waals surface area contributed by atoms with Gasteiger partial charge in [0.05, 0.1) is 19.3 Å². The highest BCUT2D eigenvalue weighted by molar-refractivity contribution is 7.52. The Balaban J connectivity index is 1.79. The number of rotatable bonds is 14. The molecule has 2 heterocycles. The Hall–Kier alpha value is -3.89. The molecule has 0 aliphatic carbocycles. The summed E-state index contributed by atoms with van der Waals surface area (Å²) in [5, 5.41) is 2.55. The summed E-state index contributed by atoms with van der Waals surface area (Å²) in [6, 6.07) is 7.15. The number of hydrogen-bond donors (Lipinski definition) is 2. The Morgan fingerprint density at radius 3 is 2.52 bits per heavy atom. The van der Waals surface area contributed by atoms with E-state index in [2.05, 4.69) is 16.0 Å². The maximum atomic E-state index is 13.8. The third-order valence-corrected chi connectivity index (χ3v) is 6.95. The van der Waals surface area contributed by atoms with Crippen molar-refractivity contribution in [2.75, 3.05) is 19.8 Å². The van der Waals surface area contributed by atoms with Crippen LogP contribution in [-0.2, 0) is 32.8 Å². The number of aromatic amines is 1. The molecule has 40 heavy (non-hydrogen) atoms. The number of nitrogens with one attached hydrogen (secondary N) is 2. The molecule has 0 spiro atoms. The van der Waals surface area contributed by atoms with Crippen LogP contribution >= 0.6 is 7.75 Å². The van der Waals surface area contributed by atoms with Gasteiger partial charge in [0.2, 0.25) is 0 Å². The van der Waals surface area contributed by atoms with Crippen molar-refractivity contribution in [2.45, 2.75) is 51.2 Å². The summed E-state index contributed by atoms with van der Waals surface area (Å²) in [6.07, 6.45) is 3.33. The summed E-state index contributed by atoms with van der Waals surface area (Å²) in [4.78, 5) is 49.7. The van der Waals surface area contributed by atoms with Crippen LogP contribution < -0.4 is 20.9 Å². The first-order chi connectivity index (χ1) is 19.0. The molecule has 0 saturated carbocycles. The van der Waals surface area contributed by atoms with Crippen molar-refractivity contribution >= 4 is 19.9 Å². The van der Waals surface area contributed by atoms with Crippen molar-refractivity contribution in [2.24, 2.45) is 0 Å². The molecule has 0 bridgehead atoms. The van der Waals surface area contributed by atoms with Crippen molar-refractivity contribution in [3.05, 3.63) is 63.4 Å². The van der Waals surface area contributed by atoms with Crippen LogP contribution in [-0.4, -0.2) is 65.9 Å². The van der Waals surface area contributed by atoms with Gasteiger partial charge in [-0.1, -0.05) is 24.1 Å². The summed E-state index contributed by atoms with van der Waals surface area (Å²) in [5.74, 6) is 1.88. The van der Waals surface area contributed by atoms with E-state index in [1.165, 1.54) is 25.3 Å². The number of cyclic esters (lactones) is 2. The first kappa shape index (κ1) is 30.6. The van der Waals surface area contributed by atoms with E-state index in [4.69, 9.17) is 34.4 Å². The number of aromatic nitrogens is 2. The molecule has 1 aliphatic heterocycles. The molecule has 5 atom stereocenters. The van der Waals surface area contributed by atoms with E-state index in [1.54, 1.807) is 32.0 Å². The molecule has 0 radical (unpaired) electrons. The fraction of sp³-hybridized carbons (Fsp3) is 0.440. The van der Waals surface area contributed by atoms with Gasteiger partial charge in [-0.3, -0.25) is 23.7 Å². The number of hydrogen-bond acceptors (Lipinski definition) is 11. The van der Waals surface area contributed by atoms with Crippen LogP contribution in [0.25, 0.3) is 0 Å². The highest BCUT2D eigenvalue weighted by atomic mass is 31.2. The summed E-state index contributed by atoms with van der Waals surface area (Å²) in [7, 11) is -4.28. The average Bonchev–Trinajstić information content (AvgIpc) is 3.33. The minimum Gasteiger partial charge on any atom is -0.462 e. The largest absolute Gasteiger partial charge is 0.508 e. The van der Waals surface area contributed by atoms with Crippen LogP contribution in [0.1, 0.15) is 26.8 Å². The van der Waals surface area contributed by atoms with E-state index in [9.17, 15) is 23.7 Å². The standard InChI is InChI=1S/C25H30N3O11P/c1-5-18(28-12-11-22(29)26-24(28)31)13-34-20(21-14-35-25(32)38-21)15-36-40(33,39-19-9-7-6-8-10-19)27-17(4)23(30)37-16(2)3/h1,6-12,16-18,20-21H,13-15H2,2-4H3,(H,27,33)(H,26,29,31)/t17-,18+,20+,21-,40?/m0/s1. The number of esters is 1. The van der Waals surface area contributed by atoms with Crippen molar-refractivity contribution in [1.82, 2.24) is 14.6 Å². The van der Waals surface area contributed by atoms with Gasteiger partial charge in [-0.05, 0) is 32.9 Å². The molecule has 0 amide bonds. The Bertz CT molecular complexity index is 1370. The quantitative estimate of drug-likeness (QED) is 0.189. The third-order valence-electron chi connectivity index (χ3n) is 5.31. The molecule has 1 aromatic heterocycles. The molecule has 14 nitrogen and oxygen atoms in total. The zero-order valence-corrected chi connectivity index (χ0v) is 22.9. The normalized spacial score (nSPS) is 18.5. The number of ether oxygens (including phenoxy) is 4. The van der Waals surface area contributed by atoms with Crippen molar-refractivity contribution in [3.8, 4) is 18.1 Å². The molecule has 2 aromatic rings. The number of carbonyl (C=O) groups is 2. The average molecular weight is 579 g/mol. The van der Waals surface area contributed by atoms with Gasteiger partial charge in [0.1, 0.15) is 30.5 Å². The topological polar surface area (TPSA) is 173 Å². The highest BCUT2D eigenvalue weighted by Crippen LogP contribution is 2.45. The first-order valence-corrected chi connectivity index (χ1v) is 13.7. The molecule has 1 saturated heterocycles. The van der Waals surface area contributed by atoms with Crippen LogP contribution in [0.15, 0.2) is 52.2 Å². The number of para-hydroxylation sites is 1. The van der Waals surface area contributed by atoms with Gasteiger partial charge in [0.15, 0.2) is 6.10 Å². The summed E-state index contributed by atoms with van der Waals surface area (Å²) >= 11 is 0. The van der Waals surface area contributed by atoms with Crippen LogP contribution in [0.3, 0.4) is 0 Å². The van der Waals surface area contributed by atoms with Gasteiger partial charge in [-0.2, -0.15) is 5.09 Å². The third kappa shape index (κ3) is 8.82. The lowest BCUT2D eigenvalue weighted by atomic mass is 10.2. The maximum Gasteiger partial charge on any atom is 0.508 e. The maximum absolute atomic E-state index is 13.8. The van der Waals surface area contributed by atoms with Crippen LogP contribution in [0.5, 0.6) is 5.75 Å². The van der Waals surface area contributed by atoms with E-state index >= 15 is 0 Å². The van der Waals surface area contributed by atoms with E-state index < -0.39 is 68.1 Å². The molecule has 15 heteroatoms. The fourth-order valence-electron chi connectivity index (χ4n) is 3.39. The van der Waals surface area contributed by atoms with E-state index in [0.29, 0.717) is 0 Å². The highest BCUT2D eigenvalue weighted by Gasteiger charge is 2.38. The number of H-pyrrole nitrogens is 1. The van der Waals surface area contributed by atoms with Gasteiger partial charge >= 0.3 is 25.6 Å². The molecule has 2 N–H and O–H groups in total. The van der Waals surface area contributed by atoms with E-state index in [-0.39, 0.29) is 19.0 Å². The monoisotopic (exact) mass is 579 g/mol. The molecule has 3 rings (SSSR count). The van der Waals surface area contributed by atoms with Gasteiger partial charge in [0, 0.05) is 12.3 Å². The summed E-state index contributed by atoms with van der Waals surface area (Å²) < 4.78 is 47.1. The number of terminal acetylenes is 1. The molecule has 216 valence electrons. The molecular formula is C25H30N3O11P. The molecule has 1 unspecified atom stereocenters. The minimum absolute atomic E-state index is 0.181. The Labute approximate surface area is 229 Å². The molecule has 1 fully saturated rings. The Morgan fingerprint density at radius 1 is 1.20 bits per heavy atom. The van der Waals surface area contributed by atoms with Gasteiger partial charge < -0.3 is 23.5 Å². The smallest absolute Gasteiger partial charge is 0.462 e. The Morgan fingerprint density at radius 2 is 1.93 bits per heavy atom. The van der Waals surface area contributed by atoms with E-state index in [1.807, 2.05) is 0 Å². The van der Waals surface area contributed by atoms with Crippen LogP contribution in [0, 0.1) is 12.3 Å². The predicted octanol–water partition coefficient (Wildman–Crippen LogP) is 1.76. The van der Waals surface area contributed by atoms with Crippen molar-refractivity contribution in [3.63, 3.8) is 0 Å². The second-order valence-electron chi connectivity index (χ2n) is 8.82. The van der Waals surface area contributed by atoms with Gasteiger partial charge in [-0.15, -0.1) is 6.42 Å². The molecular weight excluding hydrogens is 549 g/mol. The second-order valence-corrected chi connectivity index (χ2v) is 10.5. The zero-order valence-electron chi connectivity index (χ0n) is 22.0. The lowest BCUT2D eigenvalue weighted by molar-refractivity contribution is -0.149. The lowest BCUT2D eigenvalue weighted by Crippen LogP contribution is -2.40. The van der Waals surface area contributed by atoms with Crippen LogP contribution in [0.2, 0.25) is 0 Å². The fourth-order valence-corrected chi connectivity index (χ4v) is 4.89. The van der Waals surface area contributed by atoms with E-state index in [0.717, 1.165) is 10.6 Å². The number of nitrogens with zero attached hydrogens (tertiary/aromatic N) is 1. The predicted molar refractivity (Wildman–Crippen MR) is 140 cm³/mol. The van der Waals surface area contributed by atoms with Crippen molar-refractivity contribution < 1.29 is 42.1 Å². The first-order valence-electron chi connectivity index (χ1n) is 12.2. The summed E-state index contributed by atoms with van der Waals surface area (Å²) in [5.41, 5.74) is -1.36.